The van der Waals surface area contributed by atoms with Gasteiger partial charge in [-0.15, -0.1) is 0 Å². The number of rotatable bonds is 7. The van der Waals surface area contributed by atoms with Crippen LogP contribution < -0.4 is 15.6 Å². The fourth-order valence-electron chi connectivity index (χ4n) is 2.78. The van der Waals surface area contributed by atoms with Crippen LogP contribution in [0.4, 0.5) is 5.69 Å². The molecule has 0 aliphatic heterocycles. The average molecular weight is 406 g/mol. The van der Waals surface area contributed by atoms with Crippen molar-refractivity contribution in [3.63, 3.8) is 0 Å². The molecule has 10 heteroatoms. The van der Waals surface area contributed by atoms with E-state index in [1.165, 1.54) is 19.2 Å². The van der Waals surface area contributed by atoms with Gasteiger partial charge in [-0.05, 0) is 56.5 Å². The maximum Gasteiger partial charge on any atom is 0.339 e. The molecule has 4 N–H and O–H groups in total. The molecule has 0 atom stereocenters. The highest BCUT2D eigenvalue weighted by atomic mass is 32.2. The van der Waals surface area contributed by atoms with E-state index in [0.29, 0.717) is 22.5 Å². The maximum absolute atomic E-state index is 12.4. The van der Waals surface area contributed by atoms with Crippen LogP contribution in [0.25, 0.3) is 0 Å². The molecular formula is C18H22N4O5S. The van der Waals surface area contributed by atoms with Crippen molar-refractivity contribution in [1.29, 1.82) is 0 Å². The quantitative estimate of drug-likeness (QED) is 0.408. The molecule has 9 nitrogen and oxygen atoms in total. The van der Waals surface area contributed by atoms with Crippen LogP contribution in [0.1, 0.15) is 44.9 Å². The zero-order valence-corrected chi connectivity index (χ0v) is 16.6. The highest BCUT2D eigenvalue weighted by molar-refractivity contribution is 7.89. The van der Waals surface area contributed by atoms with Crippen LogP contribution >= 0.6 is 0 Å². The Hall–Kier alpha value is -2.85. The summed E-state index contributed by atoms with van der Waals surface area (Å²) in [5.74, 6) is -0.988. The molecule has 0 bridgehead atoms. The topological polar surface area (TPSA) is 129 Å². The Balaban J connectivity index is 1.66. The lowest BCUT2D eigenvalue weighted by Gasteiger charge is -2.10. The molecule has 1 heterocycles. The summed E-state index contributed by atoms with van der Waals surface area (Å²) in [4.78, 5) is 27.3. The van der Waals surface area contributed by atoms with Gasteiger partial charge in [0, 0.05) is 11.7 Å². The van der Waals surface area contributed by atoms with E-state index in [1.807, 2.05) is 0 Å². The number of ether oxygens (including phenoxy) is 1. The Bertz CT molecular complexity index is 1010. The van der Waals surface area contributed by atoms with Crippen molar-refractivity contribution < 1.29 is 22.7 Å². The van der Waals surface area contributed by atoms with Crippen molar-refractivity contribution in [2.45, 2.75) is 37.6 Å². The Morgan fingerprint density at radius 2 is 1.79 bits per heavy atom. The van der Waals surface area contributed by atoms with E-state index in [4.69, 9.17) is 4.74 Å². The number of nitrogens with one attached hydrogen (secondary N) is 4. The van der Waals surface area contributed by atoms with E-state index in [-0.39, 0.29) is 16.6 Å². The number of carbonyl (C=O) groups is 2. The average Bonchev–Trinajstić information content (AvgIpc) is 3.41. The predicted octanol–water partition coefficient (Wildman–Crippen LogP) is 1.62. The Morgan fingerprint density at radius 1 is 1.14 bits per heavy atom. The molecule has 0 unspecified atom stereocenters. The Kier molecular flexibility index (Phi) is 5.43. The lowest BCUT2D eigenvalue weighted by Crippen LogP contribution is -2.30. The van der Waals surface area contributed by atoms with E-state index in [1.54, 1.807) is 26.0 Å². The molecule has 28 heavy (non-hydrogen) atoms. The highest BCUT2D eigenvalue weighted by Gasteiger charge is 2.28. The molecule has 1 aliphatic carbocycles. The van der Waals surface area contributed by atoms with Crippen molar-refractivity contribution in [1.82, 2.24) is 15.1 Å². The van der Waals surface area contributed by atoms with E-state index in [9.17, 15) is 18.0 Å². The van der Waals surface area contributed by atoms with Gasteiger partial charge < -0.3 is 9.72 Å². The molecule has 3 rings (SSSR count). The van der Waals surface area contributed by atoms with Gasteiger partial charge >= 0.3 is 5.97 Å². The summed E-state index contributed by atoms with van der Waals surface area (Å²) in [6, 6.07) is 6.05. The van der Waals surface area contributed by atoms with Gasteiger partial charge in [-0.2, -0.15) is 0 Å². The first-order chi connectivity index (χ1) is 13.2. The molecule has 1 amide bonds. The third-order valence-corrected chi connectivity index (χ3v) is 5.97. The molecule has 150 valence electrons. The number of amides is 1. The summed E-state index contributed by atoms with van der Waals surface area (Å²) in [5, 5.41) is 0. The summed E-state index contributed by atoms with van der Waals surface area (Å²) in [6.45, 7) is 3.33. The number of hydrogen-bond acceptors (Lipinski definition) is 6. The van der Waals surface area contributed by atoms with E-state index in [0.717, 1.165) is 12.8 Å². The molecule has 1 aromatic heterocycles. The summed E-state index contributed by atoms with van der Waals surface area (Å²) < 4.78 is 31.6. The number of sulfonamides is 1. The standard InChI is InChI=1S/C18H22N4O5S/c1-10-15(18(24)27-3)11(2)19-16(10)17(23)21-20-12-6-8-14(9-7-12)28(25,26)22-13-4-5-13/h6-9,13,19-20,22H,4-5H2,1-3H3,(H,21,23). The number of aromatic amines is 1. The van der Waals surface area contributed by atoms with Crippen molar-refractivity contribution in [2.24, 2.45) is 0 Å². The van der Waals surface area contributed by atoms with Gasteiger partial charge in [-0.3, -0.25) is 15.6 Å². The largest absolute Gasteiger partial charge is 0.465 e. The lowest BCUT2D eigenvalue weighted by molar-refractivity contribution is 0.0599. The van der Waals surface area contributed by atoms with Crippen molar-refractivity contribution in [2.75, 3.05) is 12.5 Å². The van der Waals surface area contributed by atoms with Gasteiger partial charge in [0.2, 0.25) is 10.0 Å². The first kappa shape index (κ1) is 19.9. The van der Waals surface area contributed by atoms with Gasteiger partial charge in [0.05, 0.1) is 23.3 Å². The zero-order chi connectivity index (χ0) is 20.5. The van der Waals surface area contributed by atoms with Crippen LogP contribution in [-0.4, -0.2) is 38.4 Å². The minimum absolute atomic E-state index is 0.0319. The number of aromatic nitrogens is 1. The molecule has 1 fully saturated rings. The van der Waals surface area contributed by atoms with Gasteiger partial charge in [0.15, 0.2) is 0 Å². The summed E-state index contributed by atoms with van der Waals surface area (Å²) in [5.41, 5.74) is 7.32. The molecule has 2 aromatic rings. The van der Waals surface area contributed by atoms with Gasteiger partial charge in [-0.1, -0.05) is 0 Å². The smallest absolute Gasteiger partial charge is 0.339 e. The second kappa shape index (κ2) is 7.64. The number of carbonyl (C=O) groups excluding carboxylic acids is 2. The van der Waals surface area contributed by atoms with Crippen LogP contribution in [-0.2, 0) is 14.8 Å². The molecule has 0 radical (unpaired) electrons. The molecule has 1 saturated carbocycles. The fourth-order valence-corrected chi connectivity index (χ4v) is 4.09. The first-order valence-electron chi connectivity index (χ1n) is 8.69. The van der Waals surface area contributed by atoms with E-state index >= 15 is 0 Å². The summed E-state index contributed by atoms with van der Waals surface area (Å²) in [7, 11) is -2.24. The normalized spacial score (nSPS) is 13.8. The van der Waals surface area contributed by atoms with Gasteiger partial charge in [0.25, 0.3) is 5.91 Å². The second-order valence-corrected chi connectivity index (χ2v) is 8.33. The van der Waals surface area contributed by atoms with Crippen LogP contribution in [0, 0.1) is 13.8 Å². The molecule has 1 aliphatic rings. The minimum Gasteiger partial charge on any atom is -0.465 e. The second-order valence-electron chi connectivity index (χ2n) is 6.62. The fraction of sp³-hybridized carbons (Fsp3) is 0.333. The number of methoxy groups -OCH3 is 1. The number of anilines is 1. The molecule has 0 spiro atoms. The van der Waals surface area contributed by atoms with Crippen molar-refractivity contribution in [3.8, 4) is 0 Å². The molecular weight excluding hydrogens is 384 g/mol. The van der Waals surface area contributed by atoms with Crippen molar-refractivity contribution in [3.05, 3.63) is 46.8 Å². The molecule has 1 aromatic carbocycles. The van der Waals surface area contributed by atoms with E-state index < -0.39 is 21.9 Å². The zero-order valence-electron chi connectivity index (χ0n) is 15.8. The Morgan fingerprint density at radius 3 is 2.36 bits per heavy atom. The number of hydrogen-bond donors (Lipinski definition) is 4. The number of aryl methyl sites for hydroxylation is 1. The lowest BCUT2D eigenvalue weighted by atomic mass is 10.1. The van der Waals surface area contributed by atoms with Crippen LogP contribution in [0.2, 0.25) is 0 Å². The molecule has 0 saturated heterocycles. The predicted molar refractivity (Wildman–Crippen MR) is 102 cm³/mol. The third-order valence-electron chi connectivity index (χ3n) is 4.44. The Labute approximate surface area is 162 Å². The van der Waals surface area contributed by atoms with Crippen LogP contribution in [0.15, 0.2) is 29.2 Å². The van der Waals surface area contributed by atoms with Gasteiger partial charge in [0.1, 0.15) is 5.69 Å². The maximum atomic E-state index is 12.4. The first-order valence-corrected chi connectivity index (χ1v) is 10.2. The number of benzene rings is 1. The number of hydrazine groups is 1. The van der Waals surface area contributed by atoms with Gasteiger partial charge in [-0.25, -0.2) is 17.9 Å². The van der Waals surface area contributed by atoms with Crippen LogP contribution in [0.3, 0.4) is 0 Å². The highest BCUT2D eigenvalue weighted by Crippen LogP contribution is 2.23. The number of H-pyrrole nitrogens is 1. The summed E-state index contributed by atoms with van der Waals surface area (Å²) in [6.07, 6.45) is 1.72. The third kappa shape index (κ3) is 4.18. The monoisotopic (exact) mass is 406 g/mol. The van der Waals surface area contributed by atoms with Crippen LogP contribution in [0.5, 0.6) is 0 Å². The number of esters is 1. The summed E-state index contributed by atoms with van der Waals surface area (Å²) >= 11 is 0. The van der Waals surface area contributed by atoms with Crippen molar-refractivity contribution >= 4 is 27.6 Å². The SMILES string of the molecule is COC(=O)c1c(C)[nH]c(C(=O)NNc2ccc(S(=O)(=O)NC3CC3)cc2)c1C. The van der Waals surface area contributed by atoms with E-state index in [2.05, 4.69) is 20.6 Å². The minimum atomic E-state index is -3.52.